The number of anilines is 6. The molecule has 9 rings (SSSR count). The molecular formula is C68H76N2O4Si4. The van der Waals surface area contributed by atoms with Crippen LogP contribution >= 0.6 is 0 Å². The number of carbonyl (C=O) groups excluding carboxylic acids is 2. The minimum Gasteiger partial charge on any atom is -0.462 e. The topological polar surface area (TPSA) is 59.1 Å². The number of carbonyl (C=O) groups is 2. The molecule has 8 aromatic carbocycles. The van der Waals surface area contributed by atoms with Gasteiger partial charge in [0.25, 0.3) is 0 Å². The summed E-state index contributed by atoms with van der Waals surface area (Å²) in [5.74, 6) is -1.41. The molecule has 6 nitrogen and oxygen atoms in total. The Morgan fingerprint density at radius 2 is 0.551 bits per heavy atom. The molecule has 398 valence electrons. The highest BCUT2D eigenvalue weighted by Crippen LogP contribution is 2.49. The van der Waals surface area contributed by atoms with Gasteiger partial charge in [-0.05, 0) is 143 Å². The summed E-state index contributed by atoms with van der Waals surface area (Å²) in [6.07, 6.45) is 0. The maximum atomic E-state index is 14.1. The lowest BCUT2D eigenvalue weighted by atomic mass is 9.93. The molecule has 0 aromatic heterocycles. The second kappa shape index (κ2) is 22.0. The van der Waals surface area contributed by atoms with Crippen molar-refractivity contribution in [2.45, 2.75) is 92.4 Å². The highest BCUT2D eigenvalue weighted by atomic mass is 28.3. The van der Waals surface area contributed by atoms with Gasteiger partial charge in [-0.1, -0.05) is 196 Å². The normalized spacial score (nSPS) is 12.4. The van der Waals surface area contributed by atoms with Crippen LogP contribution in [0.3, 0.4) is 0 Å². The summed E-state index contributed by atoms with van der Waals surface area (Å²) in [6, 6.07) is 66.5. The Hall–Kier alpha value is -7.09. The van der Waals surface area contributed by atoms with E-state index in [4.69, 9.17) is 9.47 Å². The fourth-order valence-electron chi connectivity index (χ4n) is 10.4. The third-order valence-electron chi connectivity index (χ3n) is 15.0. The number of benzene rings is 8. The van der Waals surface area contributed by atoms with E-state index in [2.05, 4.69) is 270 Å². The number of nitrogens with zero attached hydrogens (tertiary/aromatic N) is 2. The molecule has 0 fully saturated rings. The Balaban J connectivity index is 1.11. The van der Waals surface area contributed by atoms with E-state index in [1.807, 2.05) is 0 Å². The molecule has 0 saturated carbocycles. The summed E-state index contributed by atoms with van der Waals surface area (Å²) >= 11 is 0. The molecule has 0 atom stereocenters. The summed E-state index contributed by atoms with van der Waals surface area (Å²) in [5, 5.41) is 5.68. The van der Waals surface area contributed by atoms with Crippen LogP contribution in [0.1, 0.15) is 25.0 Å². The Kier molecular flexibility index (Phi) is 15.7. The fourth-order valence-corrected chi connectivity index (χ4v) is 15.0. The largest absolute Gasteiger partial charge is 0.462 e. The van der Waals surface area contributed by atoms with E-state index in [1.165, 1.54) is 20.7 Å². The standard InChI is InChI=1S/C68H76N2O4Si4/c1-15-73-67(71)66(68(72)74-16-2)65-63-45-49(47-17-23-51(24-18-47)69(53-27-35-57(36-28-53)75(3,4)5)54-29-37-58(38-30-54)76(6,7)8)21-43-61(63)62-44-22-50(46-64(62)65)48-19-25-52(26-20-48)70(55-31-39-59(40-32-55)77(9,10)11)56-33-41-60(42-34-56)78(12,13)14/h17-46H,15-16H2,1-14H3. The van der Waals surface area contributed by atoms with E-state index in [-0.39, 0.29) is 18.8 Å². The van der Waals surface area contributed by atoms with Gasteiger partial charge in [-0.15, -0.1) is 0 Å². The molecule has 10 heteroatoms. The third-order valence-corrected chi connectivity index (χ3v) is 23.2. The van der Waals surface area contributed by atoms with Gasteiger partial charge in [-0.2, -0.15) is 0 Å². The molecule has 1 aliphatic carbocycles. The number of rotatable bonds is 16. The van der Waals surface area contributed by atoms with Crippen LogP contribution in [-0.2, 0) is 19.1 Å². The van der Waals surface area contributed by atoms with Gasteiger partial charge >= 0.3 is 11.9 Å². The van der Waals surface area contributed by atoms with Crippen molar-refractivity contribution in [1.29, 1.82) is 0 Å². The van der Waals surface area contributed by atoms with Crippen LogP contribution in [0.15, 0.2) is 188 Å². The summed E-state index contributed by atoms with van der Waals surface area (Å²) in [7, 11) is -6.03. The highest BCUT2D eigenvalue weighted by molar-refractivity contribution is 6.90. The van der Waals surface area contributed by atoms with Crippen molar-refractivity contribution in [3.8, 4) is 33.4 Å². The van der Waals surface area contributed by atoms with E-state index in [9.17, 15) is 9.59 Å². The van der Waals surface area contributed by atoms with Crippen molar-refractivity contribution in [3.05, 3.63) is 199 Å². The lowest BCUT2D eigenvalue weighted by molar-refractivity contribution is -0.146. The average Bonchev–Trinajstić information content (AvgIpc) is 3.82. The van der Waals surface area contributed by atoms with Gasteiger partial charge in [0.2, 0.25) is 0 Å². The van der Waals surface area contributed by atoms with E-state index < -0.39 is 44.2 Å². The number of esters is 2. The van der Waals surface area contributed by atoms with Crippen molar-refractivity contribution in [3.63, 3.8) is 0 Å². The van der Waals surface area contributed by atoms with Gasteiger partial charge in [0.1, 0.15) is 0 Å². The van der Waals surface area contributed by atoms with Gasteiger partial charge < -0.3 is 19.3 Å². The Morgan fingerprint density at radius 1 is 0.321 bits per heavy atom. The Bertz CT molecular complexity index is 3160. The van der Waals surface area contributed by atoms with Gasteiger partial charge in [0, 0.05) is 39.7 Å². The SMILES string of the molecule is CCOC(=O)C(C(=O)OCC)=C1c2cc(-c3ccc(N(c4ccc([Si](C)(C)C)cc4)c4ccc([Si](C)(C)C)cc4)cc3)ccc2-c2ccc(-c3ccc(N(c4ccc([Si](C)(C)C)cc4)c4ccc([Si](C)(C)C)cc4)cc3)cc21. The van der Waals surface area contributed by atoms with Gasteiger partial charge in [0.15, 0.2) is 5.57 Å². The van der Waals surface area contributed by atoms with Crippen molar-refractivity contribution < 1.29 is 19.1 Å². The predicted octanol–water partition coefficient (Wildman–Crippen LogP) is 16.0. The van der Waals surface area contributed by atoms with Crippen molar-refractivity contribution in [1.82, 2.24) is 0 Å². The average molecular weight is 1100 g/mol. The van der Waals surface area contributed by atoms with Crippen LogP contribution in [0.5, 0.6) is 0 Å². The zero-order chi connectivity index (χ0) is 55.9. The minimum absolute atomic E-state index is 0.106. The first-order chi connectivity index (χ1) is 36.9. The van der Waals surface area contributed by atoms with Crippen LogP contribution < -0.4 is 30.5 Å². The number of ether oxygens (including phenoxy) is 2. The second-order valence-corrected chi connectivity index (χ2v) is 45.0. The van der Waals surface area contributed by atoms with E-state index >= 15 is 0 Å². The first-order valence-electron chi connectivity index (χ1n) is 27.6. The fraction of sp³-hybridized carbons (Fsp3) is 0.235. The van der Waals surface area contributed by atoms with E-state index in [1.54, 1.807) is 13.8 Å². The smallest absolute Gasteiger partial charge is 0.346 e. The first kappa shape index (κ1) is 55.7. The molecule has 0 aliphatic heterocycles. The molecule has 8 aromatic rings. The highest BCUT2D eigenvalue weighted by Gasteiger charge is 2.35. The molecule has 0 spiro atoms. The van der Waals surface area contributed by atoms with Crippen LogP contribution in [-0.4, -0.2) is 57.4 Å². The maximum absolute atomic E-state index is 14.1. The Morgan fingerprint density at radius 3 is 0.782 bits per heavy atom. The van der Waals surface area contributed by atoms with Crippen LogP contribution in [0.4, 0.5) is 34.1 Å². The molecule has 0 amide bonds. The molecule has 1 aliphatic rings. The van der Waals surface area contributed by atoms with Crippen molar-refractivity contribution in [2.24, 2.45) is 0 Å². The lowest BCUT2D eigenvalue weighted by Crippen LogP contribution is -2.37. The number of hydrogen-bond acceptors (Lipinski definition) is 6. The quantitative estimate of drug-likeness (QED) is 0.0316. The molecule has 0 N–H and O–H groups in total. The zero-order valence-electron chi connectivity index (χ0n) is 48.3. The van der Waals surface area contributed by atoms with Gasteiger partial charge in [0.05, 0.1) is 45.5 Å². The monoisotopic (exact) mass is 1100 g/mol. The first-order valence-corrected chi connectivity index (χ1v) is 41.6. The summed E-state index contributed by atoms with van der Waals surface area (Å²) < 4.78 is 11.3. The Labute approximate surface area is 468 Å². The number of fused-ring (bicyclic) bond motifs is 3. The molecule has 0 saturated heterocycles. The van der Waals surface area contributed by atoms with E-state index in [0.29, 0.717) is 5.57 Å². The molecule has 0 bridgehead atoms. The van der Waals surface area contributed by atoms with Crippen LogP contribution in [0.25, 0.3) is 39.0 Å². The molecule has 78 heavy (non-hydrogen) atoms. The second-order valence-electron chi connectivity index (χ2n) is 24.7. The van der Waals surface area contributed by atoms with Crippen LogP contribution in [0, 0.1) is 0 Å². The lowest BCUT2D eigenvalue weighted by Gasteiger charge is -2.27. The number of hydrogen-bond donors (Lipinski definition) is 0. The predicted molar refractivity (Wildman–Crippen MR) is 343 cm³/mol. The van der Waals surface area contributed by atoms with Crippen LogP contribution in [0.2, 0.25) is 78.6 Å². The van der Waals surface area contributed by atoms with Crippen molar-refractivity contribution in [2.75, 3.05) is 23.0 Å². The van der Waals surface area contributed by atoms with Crippen molar-refractivity contribution >= 4 is 105 Å². The third kappa shape index (κ3) is 11.7. The molecule has 0 heterocycles. The zero-order valence-corrected chi connectivity index (χ0v) is 52.3. The minimum atomic E-state index is -1.51. The summed E-state index contributed by atoms with van der Waals surface area (Å²) in [6.45, 7) is 32.3. The van der Waals surface area contributed by atoms with E-state index in [0.717, 1.165) is 78.6 Å². The van der Waals surface area contributed by atoms with Gasteiger partial charge in [-0.25, -0.2) is 9.59 Å². The maximum Gasteiger partial charge on any atom is 0.346 e. The molecule has 0 unspecified atom stereocenters. The summed E-state index contributed by atoms with van der Waals surface area (Å²) in [5.41, 5.74) is 14.2. The summed E-state index contributed by atoms with van der Waals surface area (Å²) in [4.78, 5) is 32.9. The molecular weight excluding hydrogens is 1020 g/mol. The molecule has 0 radical (unpaired) electrons. The van der Waals surface area contributed by atoms with Gasteiger partial charge in [-0.3, -0.25) is 0 Å².